The van der Waals surface area contributed by atoms with E-state index in [1.807, 2.05) is 36.8 Å². The number of nitrogens with zero attached hydrogens (tertiary/aromatic N) is 6. The SMILES string of the molecule is Cc1c(C)c(-c2nc3cccnc3s2)c(C)c(C)c1-c1cc(-c2c(C)c(C)c(-c3nc4cccnc4s3)c(C)c2C)cc(-c2c(C)c(C)c(-c3nc4cccnc4s3)c(C)c2C)c1. The van der Waals surface area contributed by atoms with Crippen LogP contribution in [0.3, 0.4) is 0 Å². The van der Waals surface area contributed by atoms with Crippen molar-refractivity contribution in [2.24, 2.45) is 0 Å². The molecule has 312 valence electrons. The summed E-state index contributed by atoms with van der Waals surface area (Å²) >= 11 is 5.02. The van der Waals surface area contributed by atoms with Crippen LogP contribution in [0.5, 0.6) is 0 Å². The molecule has 0 N–H and O–H groups in total. The molecular formula is C54H48N6S3. The lowest BCUT2D eigenvalue weighted by Crippen LogP contribution is -2.03. The van der Waals surface area contributed by atoms with E-state index in [0.29, 0.717) is 0 Å². The Morgan fingerprint density at radius 2 is 0.524 bits per heavy atom. The summed E-state index contributed by atoms with van der Waals surface area (Å²) < 4.78 is 0. The van der Waals surface area contributed by atoms with Crippen LogP contribution in [0.4, 0.5) is 0 Å². The van der Waals surface area contributed by atoms with Crippen molar-refractivity contribution in [3.8, 4) is 65.1 Å². The van der Waals surface area contributed by atoms with Gasteiger partial charge in [0.25, 0.3) is 0 Å². The van der Waals surface area contributed by atoms with Crippen LogP contribution in [0, 0.1) is 83.1 Å². The summed E-state index contributed by atoms with van der Waals surface area (Å²) in [6.07, 6.45) is 5.56. The van der Waals surface area contributed by atoms with Gasteiger partial charge in [-0.3, -0.25) is 0 Å². The Morgan fingerprint density at radius 3 is 0.746 bits per heavy atom. The molecule has 0 aliphatic heterocycles. The summed E-state index contributed by atoms with van der Waals surface area (Å²) in [6, 6.07) is 19.4. The third kappa shape index (κ3) is 6.46. The van der Waals surface area contributed by atoms with E-state index in [9.17, 15) is 0 Å². The van der Waals surface area contributed by atoms with Gasteiger partial charge in [-0.25, -0.2) is 29.9 Å². The highest BCUT2D eigenvalue weighted by Gasteiger charge is 2.26. The first-order chi connectivity index (χ1) is 30.2. The molecule has 0 aliphatic rings. The third-order valence-corrected chi connectivity index (χ3v) is 16.8. The molecule has 0 spiro atoms. The van der Waals surface area contributed by atoms with E-state index in [2.05, 4.69) is 134 Å². The lowest BCUT2D eigenvalue weighted by molar-refractivity contribution is 1.23. The Hall–Kier alpha value is -6.00. The van der Waals surface area contributed by atoms with Gasteiger partial charge < -0.3 is 0 Å². The van der Waals surface area contributed by atoms with E-state index in [-0.39, 0.29) is 0 Å². The number of aromatic nitrogens is 6. The van der Waals surface area contributed by atoms with Gasteiger partial charge in [-0.2, -0.15) is 0 Å². The summed E-state index contributed by atoms with van der Waals surface area (Å²) in [5.41, 5.74) is 29.1. The van der Waals surface area contributed by atoms with Gasteiger partial charge in [0.2, 0.25) is 0 Å². The predicted molar refractivity (Wildman–Crippen MR) is 269 cm³/mol. The molecule has 0 amide bonds. The molecule has 0 fully saturated rings. The quantitative estimate of drug-likeness (QED) is 0.166. The second kappa shape index (κ2) is 15.4. The van der Waals surface area contributed by atoms with Gasteiger partial charge in [0.05, 0.1) is 0 Å². The van der Waals surface area contributed by atoms with Crippen molar-refractivity contribution >= 4 is 65.1 Å². The first kappa shape index (κ1) is 41.0. The lowest BCUT2D eigenvalue weighted by atomic mass is 9.80. The monoisotopic (exact) mass is 876 g/mol. The van der Waals surface area contributed by atoms with Gasteiger partial charge in [-0.05, 0) is 238 Å². The minimum atomic E-state index is 0.942. The molecule has 0 radical (unpaired) electrons. The maximum atomic E-state index is 5.09. The van der Waals surface area contributed by atoms with Gasteiger partial charge in [0, 0.05) is 35.3 Å². The van der Waals surface area contributed by atoms with Crippen molar-refractivity contribution < 1.29 is 0 Å². The summed E-state index contributed by atoms with van der Waals surface area (Å²) in [5.74, 6) is 0. The molecule has 0 aliphatic carbocycles. The zero-order chi connectivity index (χ0) is 44.2. The molecular weight excluding hydrogens is 829 g/mol. The van der Waals surface area contributed by atoms with Gasteiger partial charge in [-0.1, -0.05) is 34.0 Å². The number of hydrogen-bond donors (Lipinski definition) is 0. The molecule has 10 rings (SSSR count). The molecule has 0 unspecified atom stereocenters. The van der Waals surface area contributed by atoms with Crippen molar-refractivity contribution in [1.29, 1.82) is 0 Å². The van der Waals surface area contributed by atoms with Crippen LogP contribution >= 0.6 is 34.0 Å². The van der Waals surface area contributed by atoms with Crippen LogP contribution in [0.1, 0.15) is 66.8 Å². The zero-order valence-electron chi connectivity index (χ0n) is 37.8. The van der Waals surface area contributed by atoms with E-state index < -0.39 is 0 Å². The van der Waals surface area contributed by atoms with Crippen LogP contribution in [-0.2, 0) is 0 Å². The number of fused-ring (bicyclic) bond motifs is 3. The van der Waals surface area contributed by atoms with Gasteiger partial charge in [0.15, 0.2) is 0 Å². The highest BCUT2D eigenvalue weighted by molar-refractivity contribution is 7.22. The smallest absolute Gasteiger partial charge is 0.143 e. The molecule has 0 saturated carbocycles. The molecule has 0 atom stereocenters. The van der Waals surface area contributed by atoms with E-state index in [4.69, 9.17) is 15.0 Å². The van der Waals surface area contributed by atoms with Gasteiger partial charge in [-0.15, -0.1) is 0 Å². The Labute approximate surface area is 380 Å². The first-order valence-corrected chi connectivity index (χ1v) is 23.8. The minimum absolute atomic E-state index is 0.942. The number of hydrogen-bond acceptors (Lipinski definition) is 9. The van der Waals surface area contributed by atoms with Crippen LogP contribution in [0.2, 0.25) is 0 Å². The maximum absolute atomic E-state index is 5.09. The van der Waals surface area contributed by atoms with Crippen LogP contribution in [0.25, 0.3) is 96.1 Å². The fourth-order valence-corrected chi connectivity index (χ4v) is 13.1. The number of thiazole rings is 3. The summed E-state index contributed by atoms with van der Waals surface area (Å²) in [7, 11) is 0. The van der Waals surface area contributed by atoms with E-state index in [0.717, 1.165) is 46.1 Å². The average Bonchev–Trinajstić information content (AvgIpc) is 4.02. The lowest BCUT2D eigenvalue weighted by Gasteiger charge is -2.25. The summed E-state index contributed by atoms with van der Waals surface area (Å²) in [6.45, 7) is 27.3. The Kier molecular flexibility index (Phi) is 10.0. The van der Waals surface area contributed by atoms with Gasteiger partial charge >= 0.3 is 0 Å². The molecule has 6 heterocycles. The van der Waals surface area contributed by atoms with Crippen molar-refractivity contribution in [2.75, 3.05) is 0 Å². The van der Waals surface area contributed by atoms with Crippen molar-refractivity contribution in [3.63, 3.8) is 0 Å². The maximum Gasteiger partial charge on any atom is 0.143 e. The van der Waals surface area contributed by atoms with Crippen LogP contribution in [0.15, 0.2) is 73.2 Å². The number of benzene rings is 4. The van der Waals surface area contributed by atoms with Crippen LogP contribution < -0.4 is 0 Å². The molecule has 6 aromatic heterocycles. The summed E-state index contributed by atoms with van der Waals surface area (Å²) in [4.78, 5) is 32.1. The highest BCUT2D eigenvalue weighted by Crippen LogP contribution is 2.48. The third-order valence-electron chi connectivity index (χ3n) is 13.8. The molecule has 0 saturated heterocycles. The Morgan fingerprint density at radius 1 is 0.302 bits per heavy atom. The molecule has 10 aromatic rings. The van der Waals surface area contributed by atoms with E-state index in [1.165, 1.54) is 117 Å². The Bertz CT molecular complexity index is 2980. The molecule has 4 aromatic carbocycles. The second-order valence-electron chi connectivity index (χ2n) is 17.1. The largest absolute Gasteiger partial charge is 0.244 e. The minimum Gasteiger partial charge on any atom is -0.244 e. The highest BCUT2D eigenvalue weighted by atomic mass is 32.1. The number of pyridine rings is 3. The molecule has 0 bridgehead atoms. The van der Waals surface area contributed by atoms with E-state index >= 15 is 0 Å². The fourth-order valence-electron chi connectivity index (χ4n) is 9.89. The summed E-state index contributed by atoms with van der Waals surface area (Å²) in [5, 5.41) is 3.06. The van der Waals surface area contributed by atoms with Gasteiger partial charge in [0.1, 0.15) is 46.1 Å². The molecule has 6 nitrogen and oxygen atoms in total. The Balaban J connectivity index is 1.22. The molecule has 9 heteroatoms. The predicted octanol–water partition coefficient (Wildman–Crippen LogP) is 15.4. The van der Waals surface area contributed by atoms with Crippen LogP contribution in [-0.4, -0.2) is 29.9 Å². The zero-order valence-corrected chi connectivity index (χ0v) is 40.3. The average molecular weight is 877 g/mol. The fraction of sp³-hybridized carbons (Fsp3) is 0.222. The van der Waals surface area contributed by atoms with Crippen molar-refractivity contribution in [1.82, 2.24) is 29.9 Å². The normalized spacial score (nSPS) is 11.8. The molecule has 63 heavy (non-hydrogen) atoms. The second-order valence-corrected chi connectivity index (χ2v) is 20.0. The van der Waals surface area contributed by atoms with Crippen molar-refractivity contribution in [2.45, 2.75) is 83.1 Å². The standard InChI is InChI=1S/C54H48N6S3/c1-25-31(7)46(52-58-40-16-13-19-55-49(40)61-52)32(8)26(2)43(25)37-22-38(44-27(3)33(9)47(34(10)28(44)4)53-59-41-17-14-20-56-50(41)62-53)24-39(23-37)45-29(5)35(11)48(36(12)30(45)6)54-60-42-18-15-21-57-51(42)63-54/h13-24H,1-12H3. The first-order valence-electron chi connectivity index (χ1n) is 21.4. The topological polar surface area (TPSA) is 77.3 Å². The number of rotatable bonds is 6. The van der Waals surface area contributed by atoms with Crippen molar-refractivity contribution in [3.05, 3.63) is 140 Å². The van der Waals surface area contributed by atoms with E-state index in [1.54, 1.807) is 34.0 Å².